The van der Waals surface area contributed by atoms with Crippen molar-refractivity contribution in [3.8, 4) is 17.0 Å². The van der Waals surface area contributed by atoms with E-state index in [4.69, 9.17) is 16.3 Å². The number of methoxy groups -OCH3 is 1. The molecule has 0 saturated heterocycles. The number of halogens is 1. The molecule has 0 saturated carbocycles. The van der Waals surface area contributed by atoms with E-state index in [2.05, 4.69) is 29.0 Å². The van der Waals surface area contributed by atoms with Crippen molar-refractivity contribution in [2.75, 3.05) is 7.11 Å². The first-order valence-electron chi connectivity index (χ1n) is 10.9. The van der Waals surface area contributed by atoms with Gasteiger partial charge in [0.15, 0.2) is 5.60 Å². The van der Waals surface area contributed by atoms with Gasteiger partial charge < -0.3 is 14.4 Å². The molecule has 34 heavy (non-hydrogen) atoms. The topological polar surface area (TPSA) is 60.2 Å². The van der Waals surface area contributed by atoms with E-state index in [-0.39, 0.29) is 0 Å². The van der Waals surface area contributed by atoms with Gasteiger partial charge in [-0.3, -0.25) is 0 Å². The molecule has 5 aromatic rings. The van der Waals surface area contributed by atoms with Crippen molar-refractivity contribution in [2.45, 2.75) is 12.5 Å². The van der Waals surface area contributed by atoms with Crippen LogP contribution in [-0.4, -0.2) is 26.8 Å². The van der Waals surface area contributed by atoms with Gasteiger partial charge in [0.05, 0.1) is 30.8 Å². The average molecular weight is 470 g/mol. The summed E-state index contributed by atoms with van der Waals surface area (Å²) in [7, 11) is 3.49. The molecule has 0 bridgehead atoms. The summed E-state index contributed by atoms with van der Waals surface area (Å²) in [5.41, 5.74) is 4.59. The monoisotopic (exact) mass is 469 g/mol. The van der Waals surface area contributed by atoms with E-state index >= 15 is 0 Å². The third kappa shape index (κ3) is 3.63. The SMILES string of the molecule is COc1cc(-c2ccccc2C)c2cc(C(O)(c3ccc(Cl)cc3)c3cncn3C)ccc2n1. The van der Waals surface area contributed by atoms with Crippen LogP contribution in [0.2, 0.25) is 5.02 Å². The van der Waals surface area contributed by atoms with E-state index in [1.807, 2.05) is 60.1 Å². The molecule has 3 aromatic carbocycles. The molecule has 0 aliphatic rings. The summed E-state index contributed by atoms with van der Waals surface area (Å²) in [4.78, 5) is 8.92. The van der Waals surface area contributed by atoms with Gasteiger partial charge in [-0.1, -0.05) is 54.1 Å². The smallest absolute Gasteiger partial charge is 0.214 e. The van der Waals surface area contributed by atoms with E-state index in [1.165, 1.54) is 0 Å². The van der Waals surface area contributed by atoms with Gasteiger partial charge in [-0.05, 0) is 59.0 Å². The van der Waals surface area contributed by atoms with Crippen LogP contribution in [-0.2, 0) is 12.6 Å². The number of hydrogen-bond acceptors (Lipinski definition) is 4. The highest BCUT2D eigenvalue weighted by Gasteiger charge is 2.37. The van der Waals surface area contributed by atoms with Crippen molar-refractivity contribution in [1.29, 1.82) is 0 Å². The number of aromatic nitrogens is 3. The van der Waals surface area contributed by atoms with Crippen molar-refractivity contribution < 1.29 is 9.84 Å². The molecule has 0 spiro atoms. The number of ether oxygens (including phenoxy) is 1. The first-order valence-corrected chi connectivity index (χ1v) is 11.3. The summed E-state index contributed by atoms with van der Waals surface area (Å²) in [6, 6.07) is 23.2. The van der Waals surface area contributed by atoms with Crippen molar-refractivity contribution in [1.82, 2.24) is 14.5 Å². The summed E-state index contributed by atoms with van der Waals surface area (Å²) in [5.74, 6) is 0.540. The quantitative estimate of drug-likeness (QED) is 0.348. The normalized spacial score (nSPS) is 13.1. The highest BCUT2D eigenvalue weighted by atomic mass is 35.5. The Bertz CT molecular complexity index is 1490. The van der Waals surface area contributed by atoms with E-state index < -0.39 is 5.60 Å². The van der Waals surface area contributed by atoms with Gasteiger partial charge in [-0.15, -0.1) is 0 Å². The fourth-order valence-corrected chi connectivity index (χ4v) is 4.61. The summed E-state index contributed by atoms with van der Waals surface area (Å²) in [5, 5.41) is 13.8. The van der Waals surface area contributed by atoms with Gasteiger partial charge in [0.25, 0.3) is 0 Å². The second-order valence-electron chi connectivity index (χ2n) is 8.37. The van der Waals surface area contributed by atoms with Crippen molar-refractivity contribution >= 4 is 22.5 Å². The number of pyridine rings is 1. The lowest BCUT2D eigenvalue weighted by atomic mass is 9.82. The second-order valence-corrected chi connectivity index (χ2v) is 8.80. The van der Waals surface area contributed by atoms with Crippen LogP contribution < -0.4 is 4.74 Å². The number of hydrogen-bond donors (Lipinski definition) is 1. The van der Waals surface area contributed by atoms with Crippen LogP contribution in [0, 0.1) is 6.92 Å². The Balaban J connectivity index is 1.82. The van der Waals surface area contributed by atoms with Gasteiger partial charge in [0.1, 0.15) is 0 Å². The molecule has 2 aromatic heterocycles. The van der Waals surface area contributed by atoms with Crippen molar-refractivity contribution in [2.24, 2.45) is 7.05 Å². The molecule has 0 aliphatic heterocycles. The minimum atomic E-state index is -1.45. The largest absolute Gasteiger partial charge is 0.481 e. The third-order valence-electron chi connectivity index (χ3n) is 6.30. The molecule has 1 unspecified atom stereocenters. The number of aryl methyl sites for hydroxylation is 2. The summed E-state index contributed by atoms with van der Waals surface area (Å²) in [6.07, 6.45) is 3.37. The Labute approximate surface area is 203 Å². The zero-order valence-electron chi connectivity index (χ0n) is 19.2. The number of rotatable bonds is 5. The summed E-state index contributed by atoms with van der Waals surface area (Å²) in [6.45, 7) is 2.08. The average Bonchev–Trinajstić information content (AvgIpc) is 3.29. The van der Waals surface area contributed by atoms with Crippen molar-refractivity contribution in [3.05, 3.63) is 113 Å². The Morgan fingerprint density at radius 1 is 0.941 bits per heavy atom. The van der Waals surface area contributed by atoms with E-state index in [0.29, 0.717) is 27.7 Å². The minimum absolute atomic E-state index is 0.540. The maximum Gasteiger partial charge on any atom is 0.214 e. The lowest BCUT2D eigenvalue weighted by Gasteiger charge is -2.30. The Morgan fingerprint density at radius 3 is 2.35 bits per heavy atom. The molecular formula is C28H24ClN3O2. The molecule has 170 valence electrons. The summed E-state index contributed by atoms with van der Waals surface area (Å²) >= 11 is 6.15. The van der Waals surface area contributed by atoms with Gasteiger partial charge in [-0.2, -0.15) is 0 Å². The van der Waals surface area contributed by atoms with Crippen LogP contribution in [0.15, 0.2) is 85.3 Å². The van der Waals surface area contributed by atoms with Crippen LogP contribution in [0.3, 0.4) is 0 Å². The van der Waals surface area contributed by atoms with Crippen molar-refractivity contribution in [3.63, 3.8) is 0 Å². The van der Waals surface area contributed by atoms with E-state index in [1.54, 1.807) is 31.8 Å². The molecule has 6 heteroatoms. The molecule has 0 fully saturated rings. The Kier molecular flexibility index (Phi) is 5.60. The predicted octanol–water partition coefficient (Wildman–Crippen LogP) is 5.89. The molecule has 1 N–H and O–H groups in total. The van der Waals surface area contributed by atoms with Gasteiger partial charge in [0, 0.05) is 23.5 Å². The number of benzene rings is 3. The molecule has 5 nitrogen and oxygen atoms in total. The first kappa shape index (κ1) is 22.1. The molecule has 2 heterocycles. The molecular weight excluding hydrogens is 446 g/mol. The second kappa shape index (κ2) is 8.60. The van der Waals surface area contributed by atoms with Crippen LogP contribution in [0.1, 0.15) is 22.4 Å². The van der Waals surface area contributed by atoms with Crippen LogP contribution in [0.4, 0.5) is 0 Å². The predicted molar refractivity (Wildman–Crippen MR) is 135 cm³/mol. The molecule has 0 radical (unpaired) electrons. The molecule has 1 atom stereocenters. The van der Waals surface area contributed by atoms with E-state index in [9.17, 15) is 5.11 Å². The number of nitrogens with zero attached hydrogens (tertiary/aromatic N) is 3. The van der Waals surface area contributed by atoms with Gasteiger partial charge in [0.2, 0.25) is 5.88 Å². The Morgan fingerprint density at radius 2 is 1.68 bits per heavy atom. The fraction of sp³-hybridized carbons (Fsp3) is 0.143. The minimum Gasteiger partial charge on any atom is -0.481 e. The number of imidazole rings is 1. The molecule has 0 amide bonds. The van der Waals surface area contributed by atoms with Crippen LogP contribution in [0.25, 0.3) is 22.0 Å². The zero-order chi connectivity index (χ0) is 23.9. The molecule has 0 aliphatic carbocycles. The fourth-order valence-electron chi connectivity index (χ4n) is 4.49. The summed E-state index contributed by atoms with van der Waals surface area (Å²) < 4.78 is 7.32. The third-order valence-corrected chi connectivity index (χ3v) is 6.55. The lowest BCUT2D eigenvalue weighted by molar-refractivity contribution is 0.117. The Hall–Kier alpha value is -3.67. The lowest BCUT2D eigenvalue weighted by Crippen LogP contribution is -2.31. The highest BCUT2D eigenvalue weighted by molar-refractivity contribution is 6.30. The van der Waals surface area contributed by atoms with Crippen LogP contribution in [0.5, 0.6) is 5.88 Å². The number of aliphatic hydroxyl groups is 1. The van der Waals surface area contributed by atoms with Gasteiger partial charge >= 0.3 is 0 Å². The first-order chi connectivity index (χ1) is 16.4. The highest BCUT2D eigenvalue weighted by Crippen LogP contribution is 2.40. The maximum atomic E-state index is 12.3. The molecule has 5 rings (SSSR count). The number of fused-ring (bicyclic) bond motifs is 1. The van der Waals surface area contributed by atoms with E-state index in [0.717, 1.165) is 27.6 Å². The zero-order valence-corrected chi connectivity index (χ0v) is 19.9. The van der Waals surface area contributed by atoms with Gasteiger partial charge in [-0.25, -0.2) is 9.97 Å². The van der Waals surface area contributed by atoms with Crippen LogP contribution >= 0.6 is 11.6 Å². The maximum absolute atomic E-state index is 12.3. The standard InChI is InChI=1S/C28H24ClN3O2/c1-18-6-4-5-7-22(18)23-15-27(34-3)31-25-13-10-20(14-24(23)25)28(33,26-16-30-17-32(26)2)19-8-11-21(29)12-9-19/h4-17,33H,1-3H3.